The van der Waals surface area contributed by atoms with Crippen LogP contribution in [0.25, 0.3) is 0 Å². The fourth-order valence-electron chi connectivity index (χ4n) is 5.01. The fourth-order valence-corrected chi connectivity index (χ4v) is 7.66. The average molecular weight is 658 g/mol. The van der Waals surface area contributed by atoms with Crippen LogP contribution in [-0.2, 0) is 29.9 Å². The third kappa shape index (κ3) is 6.14. The maximum Gasteiger partial charge on any atom is 0.353 e. The van der Waals surface area contributed by atoms with E-state index in [9.17, 15) is 33.9 Å². The number of β-lactam (4-membered cyclic amide) rings is 1. The Bertz CT molecular complexity index is 1540. The normalized spacial score (nSPS) is 20.6. The molecule has 0 bridgehead atoms. The summed E-state index contributed by atoms with van der Waals surface area (Å²) >= 11 is 8.42. The molecule has 15 heteroatoms. The lowest BCUT2D eigenvalue weighted by Crippen LogP contribution is -2.71. The van der Waals surface area contributed by atoms with E-state index < -0.39 is 53.1 Å². The predicted molar refractivity (Wildman–Crippen MR) is 163 cm³/mol. The van der Waals surface area contributed by atoms with Crippen molar-refractivity contribution in [1.29, 1.82) is 0 Å². The molecule has 2 aromatic carbocycles. The number of imide groups is 1. The highest BCUT2D eigenvalue weighted by molar-refractivity contribution is 8.06. The maximum atomic E-state index is 13.6. The molecule has 3 heterocycles. The molecule has 230 valence electrons. The number of amides is 6. The summed E-state index contributed by atoms with van der Waals surface area (Å²) in [7, 11) is 0. The number of halogens is 1. The number of carboxylic acid groups (broad SMARTS) is 1. The van der Waals surface area contributed by atoms with Crippen LogP contribution in [-0.4, -0.2) is 92.2 Å². The molecule has 0 saturated carbocycles. The number of hydrogen-bond donors (Lipinski definition) is 3. The molecule has 12 nitrogen and oxygen atoms in total. The van der Waals surface area contributed by atoms with Gasteiger partial charge in [0.15, 0.2) is 0 Å². The molecule has 0 aromatic heterocycles. The molecule has 3 aliphatic heterocycles. The van der Waals surface area contributed by atoms with Gasteiger partial charge in [0.2, 0.25) is 5.91 Å². The summed E-state index contributed by atoms with van der Waals surface area (Å²) in [4.78, 5) is 81.7. The number of urea groups is 1. The molecule has 3 aliphatic rings. The van der Waals surface area contributed by atoms with Crippen LogP contribution in [0.5, 0.6) is 0 Å². The molecule has 44 heavy (non-hydrogen) atoms. The molecule has 1 unspecified atom stereocenters. The minimum absolute atomic E-state index is 0.0380. The van der Waals surface area contributed by atoms with Crippen molar-refractivity contribution in [2.75, 3.05) is 25.4 Å². The SMILES string of the molecule is CCN1CCN(C(=O)NC(C(=O)N[C@@H]2C(=O)N3C(C(=O)O)=C(Sc4ccc(CCl)cc4)CS[C@H]23)c2ccccc2)C(=O)C1=O. The number of benzene rings is 2. The Morgan fingerprint density at radius 3 is 2.39 bits per heavy atom. The molecule has 0 radical (unpaired) electrons. The van der Waals surface area contributed by atoms with Gasteiger partial charge in [-0.05, 0) is 30.2 Å². The van der Waals surface area contributed by atoms with Crippen LogP contribution in [0.2, 0.25) is 0 Å². The second kappa shape index (κ2) is 13.3. The fraction of sp³-hybridized carbons (Fsp3) is 0.310. The van der Waals surface area contributed by atoms with Crippen LogP contribution in [0.15, 0.2) is 70.1 Å². The number of likely N-dealkylation sites (N-methyl/N-ethyl adjacent to an activating group) is 1. The number of carbonyl (C=O) groups excluding carboxylic acids is 5. The largest absolute Gasteiger partial charge is 0.477 e. The van der Waals surface area contributed by atoms with Gasteiger partial charge in [-0.15, -0.1) is 23.4 Å². The Balaban J connectivity index is 1.31. The summed E-state index contributed by atoms with van der Waals surface area (Å²) in [6.07, 6.45) is 0. The summed E-state index contributed by atoms with van der Waals surface area (Å²) in [5.74, 6) is -3.75. The van der Waals surface area contributed by atoms with Crippen molar-refractivity contribution in [2.24, 2.45) is 0 Å². The Kier molecular flexibility index (Phi) is 9.51. The van der Waals surface area contributed by atoms with E-state index in [-0.39, 0.29) is 18.8 Å². The second-order valence-electron chi connectivity index (χ2n) is 9.99. The van der Waals surface area contributed by atoms with Gasteiger partial charge in [0.25, 0.3) is 5.91 Å². The Morgan fingerprint density at radius 2 is 1.75 bits per heavy atom. The zero-order chi connectivity index (χ0) is 31.5. The molecule has 6 amide bonds. The number of nitrogens with one attached hydrogen (secondary N) is 2. The number of nitrogens with zero attached hydrogens (tertiary/aromatic N) is 3. The quantitative estimate of drug-likeness (QED) is 0.209. The molecular weight excluding hydrogens is 630 g/mol. The van der Waals surface area contributed by atoms with Gasteiger partial charge in [-0.3, -0.25) is 29.0 Å². The Hall–Kier alpha value is -4.01. The van der Waals surface area contributed by atoms with Gasteiger partial charge in [-0.1, -0.05) is 54.2 Å². The van der Waals surface area contributed by atoms with Crippen LogP contribution >= 0.6 is 35.1 Å². The monoisotopic (exact) mass is 657 g/mol. The van der Waals surface area contributed by atoms with E-state index in [2.05, 4.69) is 10.6 Å². The molecule has 5 rings (SSSR count). The molecule has 2 aromatic rings. The minimum atomic E-state index is -1.30. The van der Waals surface area contributed by atoms with Crippen molar-refractivity contribution >= 4 is 70.8 Å². The van der Waals surface area contributed by atoms with Crippen LogP contribution in [0, 0.1) is 0 Å². The standard InChI is InChI=1S/C29H28ClN5O7S2/c1-2-33-12-13-34(26(39)25(33)38)29(42)32-20(17-6-4-3-5-7-17)23(36)31-21-24(37)35-22(28(40)41)19(15-43-27(21)35)44-18-10-8-16(14-30)9-11-18/h3-11,20-21,27H,2,12-15H2,1H3,(H,31,36)(H,32,42)(H,40,41)/t20?,21-,27-/m1/s1. The van der Waals surface area contributed by atoms with E-state index in [0.29, 0.717) is 28.6 Å². The molecule has 2 fully saturated rings. The topological polar surface area (TPSA) is 156 Å². The number of carboxylic acids is 1. The number of fused-ring (bicyclic) bond motifs is 1. The van der Waals surface area contributed by atoms with Crippen molar-refractivity contribution in [2.45, 2.75) is 35.2 Å². The third-order valence-electron chi connectivity index (χ3n) is 7.35. The highest BCUT2D eigenvalue weighted by Crippen LogP contribution is 2.45. The van der Waals surface area contributed by atoms with E-state index in [1.54, 1.807) is 37.3 Å². The van der Waals surface area contributed by atoms with Crippen molar-refractivity contribution in [3.63, 3.8) is 0 Å². The lowest BCUT2D eigenvalue weighted by atomic mass is 10.0. The number of piperazine rings is 1. The van der Waals surface area contributed by atoms with E-state index in [0.717, 1.165) is 15.4 Å². The van der Waals surface area contributed by atoms with Gasteiger partial charge in [-0.2, -0.15) is 0 Å². The Labute approximate surface area is 266 Å². The van der Waals surface area contributed by atoms with Crippen molar-refractivity contribution in [1.82, 2.24) is 25.3 Å². The third-order valence-corrected chi connectivity index (χ3v) is 10.2. The van der Waals surface area contributed by atoms with Crippen LogP contribution < -0.4 is 10.6 Å². The van der Waals surface area contributed by atoms with E-state index in [1.807, 2.05) is 24.3 Å². The number of rotatable bonds is 9. The number of thioether (sulfide) groups is 2. The first-order valence-electron chi connectivity index (χ1n) is 13.6. The molecular formula is C29H28ClN5O7S2. The van der Waals surface area contributed by atoms with Crippen LogP contribution in [0.1, 0.15) is 24.1 Å². The van der Waals surface area contributed by atoms with Crippen molar-refractivity contribution < 1.29 is 33.9 Å². The van der Waals surface area contributed by atoms with Crippen LogP contribution in [0.4, 0.5) is 4.79 Å². The summed E-state index contributed by atoms with van der Waals surface area (Å²) in [5, 5.41) is 14.6. The first-order chi connectivity index (χ1) is 21.1. The van der Waals surface area contributed by atoms with E-state index >= 15 is 0 Å². The summed E-state index contributed by atoms with van der Waals surface area (Å²) in [6.45, 7) is 2.17. The van der Waals surface area contributed by atoms with Gasteiger partial charge in [0.1, 0.15) is 23.2 Å². The van der Waals surface area contributed by atoms with Crippen molar-refractivity contribution in [3.8, 4) is 0 Å². The zero-order valence-electron chi connectivity index (χ0n) is 23.4. The van der Waals surface area contributed by atoms with Crippen molar-refractivity contribution in [3.05, 3.63) is 76.3 Å². The maximum absolute atomic E-state index is 13.6. The minimum Gasteiger partial charge on any atom is -0.477 e. The molecule has 0 spiro atoms. The number of hydrogen-bond acceptors (Lipinski definition) is 8. The lowest BCUT2D eigenvalue weighted by Gasteiger charge is -2.49. The van der Waals surface area contributed by atoms with Gasteiger partial charge in [0, 0.05) is 41.1 Å². The number of carbonyl (C=O) groups is 6. The molecule has 3 atom stereocenters. The molecule has 3 N–H and O–H groups in total. The number of alkyl halides is 1. The molecule has 0 aliphatic carbocycles. The smallest absolute Gasteiger partial charge is 0.353 e. The first kappa shape index (κ1) is 31.4. The van der Waals surface area contributed by atoms with E-state index in [1.165, 1.54) is 33.3 Å². The summed E-state index contributed by atoms with van der Waals surface area (Å²) in [5.41, 5.74) is 1.16. The number of aliphatic carboxylic acids is 1. The second-order valence-corrected chi connectivity index (χ2v) is 12.5. The highest BCUT2D eigenvalue weighted by atomic mass is 35.5. The first-order valence-corrected chi connectivity index (χ1v) is 16.0. The Morgan fingerprint density at radius 1 is 1.05 bits per heavy atom. The summed E-state index contributed by atoms with van der Waals surface area (Å²) in [6, 6.07) is 12.3. The van der Waals surface area contributed by atoms with Gasteiger partial charge < -0.3 is 20.6 Å². The highest BCUT2D eigenvalue weighted by Gasteiger charge is 2.54. The van der Waals surface area contributed by atoms with Crippen LogP contribution in [0.3, 0.4) is 0 Å². The van der Waals surface area contributed by atoms with Gasteiger partial charge in [-0.25, -0.2) is 9.59 Å². The average Bonchev–Trinajstić information content (AvgIpc) is 3.03. The van der Waals surface area contributed by atoms with E-state index in [4.69, 9.17) is 11.6 Å². The lowest BCUT2D eigenvalue weighted by molar-refractivity contribution is -0.153. The van der Waals surface area contributed by atoms with Gasteiger partial charge in [0.05, 0.1) is 0 Å². The van der Waals surface area contributed by atoms with Gasteiger partial charge >= 0.3 is 23.8 Å². The molecule has 2 saturated heterocycles. The summed E-state index contributed by atoms with van der Waals surface area (Å²) < 4.78 is 0. The predicted octanol–water partition coefficient (Wildman–Crippen LogP) is 2.36. The zero-order valence-corrected chi connectivity index (χ0v) is 25.8.